The van der Waals surface area contributed by atoms with Gasteiger partial charge in [0.25, 0.3) is 0 Å². The van der Waals surface area contributed by atoms with E-state index in [-0.39, 0.29) is 0 Å². The molecule has 0 radical (unpaired) electrons. The van der Waals surface area contributed by atoms with Crippen molar-refractivity contribution in [2.24, 2.45) is 0 Å². The Balaban J connectivity index is 1.62. The van der Waals surface area contributed by atoms with Gasteiger partial charge < -0.3 is 4.90 Å². The zero-order chi connectivity index (χ0) is 14.5. The normalized spacial score (nSPS) is 15.7. The van der Waals surface area contributed by atoms with Crippen LogP contribution in [0, 0.1) is 11.3 Å². The van der Waals surface area contributed by atoms with Crippen LogP contribution in [0.5, 0.6) is 0 Å². The van der Waals surface area contributed by atoms with Crippen molar-refractivity contribution in [3.63, 3.8) is 0 Å². The summed E-state index contributed by atoms with van der Waals surface area (Å²) >= 11 is 0. The Morgan fingerprint density at radius 2 is 1.95 bits per heavy atom. The molecule has 3 heterocycles. The number of piperazine rings is 1. The van der Waals surface area contributed by atoms with E-state index in [1.807, 2.05) is 18.3 Å². The van der Waals surface area contributed by atoms with Crippen molar-refractivity contribution in [3.05, 3.63) is 54.1 Å². The van der Waals surface area contributed by atoms with Gasteiger partial charge in [-0.15, -0.1) is 0 Å². The molecule has 0 amide bonds. The summed E-state index contributed by atoms with van der Waals surface area (Å²) in [5.41, 5.74) is 2.74. The van der Waals surface area contributed by atoms with E-state index in [0.29, 0.717) is 5.56 Å². The van der Waals surface area contributed by atoms with Gasteiger partial charge in [-0.25, -0.2) is 0 Å². The molecule has 0 saturated carbocycles. The van der Waals surface area contributed by atoms with Crippen LogP contribution in [0.4, 0.5) is 5.69 Å². The first kappa shape index (κ1) is 13.5. The SMILES string of the molecule is N#Cc1ccncc1N1CCN(Cc2ccccn2)CC1. The average Bonchev–Trinajstić information content (AvgIpc) is 2.56. The lowest BCUT2D eigenvalue weighted by atomic mass is 10.2. The maximum absolute atomic E-state index is 9.17. The van der Waals surface area contributed by atoms with Gasteiger partial charge in [0.05, 0.1) is 23.1 Å². The molecule has 1 fully saturated rings. The Morgan fingerprint density at radius 3 is 2.67 bits per heavy atom. The Labute approximate surface area is 124 Å². The molecule has 5 nitrogen and oxygen atoms in total. The number of hydrogen-bond donors (Lipinski definition) is 0. The van der Waals surface area contributed by atoms with E-state index in [1.165, 1.54) is 0 Å². The molecule has 0 unspecified atom stereocenters. The molecule has 1 aliphatic rings. The first-order chi connectivity index (χ1) is 10.4. The number of pyridine rings is 2. The van der Waals surface area contributed by atoms with Gasteiger partial charge in [0.2, 0.25) is 0 Å². The summed E-state index contributed by atoms with van der Waals surface area (Å²) in [7, 11) is 0. The van der Waals surface area contributed by atoms with Gasteiger partial charge in [0, 0.05) is 45.1 Å². The van der Waals surface area contributed by atoms with Crippen molar-refractivity contribution in [2.45, 2.75) is 6.54 Å². The summed E-state index contributed by atoms with van der Waals surface area (Å²) in [5, 5.41) is 9.17. The lowest BCUT2D eigenvalue weighted by Crippen LogP contribution is -2.46. The van der Waals surface area contributed by atoms with Crippen LogP contribution in [0.15, 0.2) is 42.9 Å². The zero-order valence-corrected chi connectivity index (χ0v) is 11.8. The van der Waals surface area contributed by atoms with Gasteiger partial charge in [-0.05, 0) is 18.2 Å². The van der Waals surface area contributed by atoms with Crippen LogP contribution >= 0.6 is 0 Å². The van der Waals surface area contributed by atoms with Crippen LogP contribution in [0.1, 0.15) is 11.3 Å². The second-order valence-electron chi connectivity index (χ2n) is 5.09. The summed E-state index contributed by atoms with van der Waals surface area (Å²) in [6.45, 7) is 4.64. The Kier molecular flexibility index (Phi) is 4.08. The van der Waals surface area contributed by atoms with E-state index in [0.717, 1.165) is 44.1 Å². The molecule has 1 aliphatic heterocycles. The Hall–Kier alpha value is -2.45. The van der Waals surface area contributed by atoms with E-state index >= 15 is 0 Å². The highest BCUT2D eigenvalue weighted by atomic mass is 15.3. The molecular formula is C16H17N5. The number of nitrogens with zero attached hydrogens (tertiary/aromatic N) is 5. The third-order valence-corrected chi connectivity index (χ3v) is 3.75. The van der Waals surface area contributed by atoms with Crippen molar-refractivity contribution in [2.75, 3.05) is 31.1 Å². The lowest BCUT2D eigenvalue weighted by molar-refractivity contribution is 0.247. The van der Waals surface area contributed by atoms with Crippen LogP contribution in [0.3, 0.4) is 0 Å². The molecule has 0 aromatic carbocycles. The van der Waals surface area contributed by atoms with Crippen molar-refractivity contribution in [3.8, 4) is 6.07 Å². The van der Waals surface area contributed by atoms with E-state index < -0.39 is 0 Å². The summed E-state index contributed by atoms with van der Waals surface area (Å²) < 4.78 is 0. The number of anilines is 1. The second kappa shape index (κ2) is 6.33. The highest BCUT2D eigenvalue weighted by molar-refractivity contribution is 5.57. The van der Waals surface area contributed by atoms with Gasteiger partial charge in [0.15, 0.2) is 0 Å². The van der Waals surface area contributed by atoms with Crippen molar-refractivity contribution < 1.29 is 0 Å². The van der Waals surface area contributed by atoms with Gasteiger partial charge in [0.1, 0.15) is 6.07 Å². The number of rotatable bonds is 3. The third-order valence-electron chi connectivity index (χ3n) is 3.75. The topological polar surface area (TPSA) is 56.1 Å². The predicted molar refractivity (Wildman–Crippen MR) is 80.7 cm³/mol. The Morgan fingerprint density at radius 1 is 1.10 bits per heavy atom. The van der Waals surface area contributed by atoms with Gasteiger partial charge in [-0.3, -0.25) is 14.9 Å². The van der Waals surface area contributed by atoms with Crippen molar-refractivity contribution in [1.82, 2.24) is 14.9 Å². The maximum atomic E-state index is 9.17. The molecule has 3 rings (SSSR count). The number of hydrogen-bond acceptors (Lipinski definition) is 5. The molecule has 0 N–H and O–H groups in total. The van der Waals surface area contributed by atoms with Crippen molar-refractivity contribution >= 4 is 5.69 Å². The van der Waals surface area contributed by atoms with E-state index in [4.69, 9.17) is 0 Å². The van der Waals surface area contributed by atoms with Crippen LogP contribution in [-0.4, -0.2) is 41.0 Å². The van der Waals surface area contributed by atoms with E-state index in [1.54, 1.807) is 18.5 Å². The number of nitriles is 1. The minimum atomic E-state index is 0.697. The highest BCUT2D eigenvalue weighted by Gasteiger charge is 2.19. The summed E-state index contributed by atoms with van der Waals surface area (Å²) in [4.78, 5) is 13.1. The monoisotopic (exact) mass is 279 g/mol. The molecular weight excluding hydrogens is 262 g/mol. The number of aromatic nitrogens is 2. The molecule has 106 valence electrons. The van der Waals surface area contributed by atoms with Crippen LogP contribution in [-0.2, 0) is 6.54 Å². The minimum Gasteiger partial charge on any atom is -0.367 e. The molecule has 2 aromatic rings. The van der Waals surface area contributed by atoms with E-state index in [2.05, 4.69) is 31.9 Å². The summed E-state index contributed by atoms with van der Waals surface area (Å²) in [5.74, 6) is 0. The third kappa shape index (κ3) is 3.18. The first-order valence-corrected chi connectivity index (χ1v) is 7.08. The largest absolute Gasteiger partial charge is 0.367 e. The molecule has 2 aromatic heterocycles. The van der Waals surface area contributed by atoms with Crippen molar-refractivity contribution in [1.29, 1.82) is 5.26 Å². The van der Waals surface area contributed by atoms with Gasteiger partial charge in [-0.2, -0.15) is 5.26 Å². The van der Waals surface area contributed by atoms with Crippen LogP contribution < -0.4 is 4.90 Å². The highest BCUT2D eigenvalue weighted by Crippen LogP contribution is 2.20. The molecule has 5 heteroatoms. The standard InChI is InChI=1S/C16H17N5/c17-11-14-4-6-18-12-16(14)21-9-7-20(8-10-21)13-15-3-1-2-5-19-15/h1-6,12H,7-10,13H2. The summed E-state index contributed by atoms with van der Waals surface area (Å²) in [6.07, 6.45) is 5.28. The quantitative estimate of drug-likeness (QED) is 0.855. The van der Waals surface area contributed by atoms with Gasteiger partial charge in [-0.1, -0.05) is 6.07 Å². The lowest BCUT2D eigenvalue weighted by Gasteiger charge is -2.36. The molecule has 1 saturated heterocycles. The molecule has 0 bridgehead atoms. The molecule has 0 spiro atoms. The Bertz CT molecular complexity index is 627. The zero-order valence-electron chi connectivity index (χ0n) is 11.8. The fourth-order valence-electron chi connectivity index (χ4n) is 2.60. The summed E-state index contributed by atoms with van der Waals surface area (Å²) in [6, 6.07) is 10.0. The minimum absolute atomic E-state index is 0.697. The molecule has 0 aliphatic carbocycles. The fraction of sp³-hybridized carbons (Fsp3) is 0.312. The second-order valence-corrected chi connectivity index (χ2v) is 5.09. The molecule has 21 heavy (non-hydrogen) atoms. The molecule has 0 atom stereocenters. The average molecular weight is 279 g/mol. The van der Waals surface area contributed by atoms with Crippen LogP contribution in [0.25, 0.3) is 0 Å². The first-order valence-electron chi connectivity index (χ1n) is 7.08. The fourth-order valence-corrected chi connectivity index (χ4v) is 2.60. The smallest absolute Gasteiger partial charge is 0.101 e. The van der Waals surface area contributed by atoms with Crippen LogP contribution in [0.2, 0.25) is 0 Å². The van der Waals surface area contributed by atoms with Gasteiger partial charge >= 0.3 is 0 Å². The predicted octanol–water partition coefficient (Wildman–Crippen LogP) is 1.67. The maximum Gasteiger partial charge on any atom is 0.101 e. The van der Waals surface area contributed by atoms with E-state index in [9.17, 15) is 5.26 Å².